The fraction of sp³-hybridized carbons (Fsp3) is 0.600. The molecule has 0 amide bonds. The van der Waals surface area contributed by atoms with Crippen molar-refractivity contribution in [2.24, 2.45) is 0 Å². The molecule has 106 valence electrons. The van der Waals surface area contributed by atoms with Gasteiger partial charge in [0.15, 0.2) is 0 Å². The zero-order chi connectivity index (χ0) is 14.0. The van der Waals surface area contributed by atoms with Crippen LogP contribution in [0.5, 0.6) is 0 Å². The lowest BCUT2D eigenvalue weighted by atomic mass is 10.4. The van der Waals surface area contributed by atoms with Gasteiger partial charge >= 0.3 is 0 Å². The predicted molar refractivity (Wildman–Crippen MR) is 73.4 cm³/mol. The summed E-state index contributed by atoms with van der Waals surface area (Å²) >= 11 is 5.82. The lowest BCUT2D eigenvalue weighted by molar-refractivity contribution is 0.354. The first kappa shape index (κ1) is 14.4. The third-order valence-electron chi connectivity index (χ3n) is 2.92. The molecule has 9 heteroatoms. The quantitative estimate of drug-likeness (QED) is 0.739. The number of hydrogen-bond acceptors (Lipinski definition) is 5. The highest BCUT2D eigenvalue weighted by Crippen LogP contribution is 2.15. The molecule has 0 bridgehead atoms. The van der Waals surface area contributed by atoms with E-state index in [-0.39, 0.29) is 0 Å². The minimum atomic E-state index is -3.34. The predicted octanol–water partition coefficient (Wildman–Crippen LogP) is 0.0584. The fourth-order valence-electron chi connectivity index (χ4n) is 1.83. The summed E-state index contributed by atoms with van der Waals surface area (Å²) in [5.74, 6) is 0.536. The van der Waals surface area contributed by atoms with Crippen LogP contribution in [0.2, 0.25) is 5.15 Å². The van der Waals surface area contributed by atoms with Gasteiger partial charge in [0, 0.05) is 46.5 Å². The largest absolute Gasteiger partial charge is 0.338 e. The summed E-state index contributed by atoms with van der Waals surface area (Å²) in [7, 11) is -0.282. The second-order valence-electron chi connectivity index (χ2n) is 4.36. The molecular formula is C10H16ClN5O2S. The first-order valence-electron chi connectivity index (χ1n) is 5.82. The van der Waals surface area contributed by atoms with Gasteiger partial charge < -0.3 is 4.90 Å². The maximum absolute atomic E-state index is 12.0. The van der Waals surface area contributed by atoms with E-state index >= 15 is 0 Å². The van der Waals surface area contributed by atoms with Crippen LogP contribution in [0.4, 0.5) is 5.95 Å². The molecule has 1 aromatic heterocycles. The van der Waals surface area contributed by atoms with Gasteiger partial charge in [0.1, 0.15) is 5.15 Å². The summed E-state index contributed by atoms with van der Waals surface area (Å²) in [6.07, 6.45) is 1.59. The highest BCUT2D eigenvalue weighted by atomic mass is 35.5. The van der Waals surface area contributed by atoms with E-state index in [0.29, 0.717) is 37.3 Å². The van der Waals surface area contributed by atoms with E-state index in [4.69, 9.17) is 11.6 Å². The Bertz CT molecular complexity index is 543. The van der Waals surface area contributed by atoms with Crippen LogP contribution < -0.4 is 4.90 Å². The normalized spacial score (nSPS) is 18.0. The van der Waals surface area contributed by atoms with Gasteiger partial charge in [-0.2, -0.15) is 17.0 Å². The number of anilines is 1. The Morgan fingerprint density at radius 1 is 1.26 bits per heavy atom. The number of piperazine rings is 1. The Hall–Kier alpha value is -0.960. The maximum atomic E-state index is 12.0. The molecule has 1 aliphatic rings. The van der Waals surface area contributed by atoms with Crippen molar-refractivity contribution in [3.8, 4) is 0 Å². The number of aromatic nitrogens is 2. The Morgan fingerprint density at radius 2 is 1.89 bits per heavy atom. The molecule has 2 heterocycles. The van der Waals surface area contributed by atoms with Gasteiger partial charge in [-0.15, -0.1) is 0 Å². The second-order valence-corrected chi connectivity index (χ2v) is 6.89. The minimum Gasteiger partial charge on any atom is -0.338 e. The van der Waals surface area contributed by atoms with Gasteiger partial charge in [-0.1, -0.05) is 11.6 Å². The van der Waals surface area contributed by atoms with Crippen molar-refractivity contribution in [3.05, 3.63) is 17.4 Å². The summed E-state index contributed by atoms with van der Waals surface area (Å²) in [6.45, 7) is 1.92. The Balaban J connectivity index is 2.04. The molecule has 0 aliphatic carbocycles. The van der Waals surface area contributed by atoms with Gasteiger partial charge in [-0.3, -0.25) is 0 Å². The molecule has 0 atom stereocenters. The van der Waals surface area contributed by atoms with Crippen molar-refractivity contribution < 1.29 is 8.42 Å². The van der Waals surface area contributed by atoms with E-state index < -0.39 is 10.2 Å². The summed E-state index contributed by atoms with van der Waals surface area (Å²) in [4.78, 5) is 10.2. The monoisotopic (exact) mass is 305 g/mol. The smallest absolute Gasteiger partial charge is 0.281 e. The Kier molecular flexibility index (Phi) is 4.24. The van der Waals surface area contributed by atoms with E-state index in [1.165, 1.54) is 22.7 Å². The molecule has 0 N–H and O–H groups in total. The minimum absolute atomic E-state index is 0.383. The molecule has 7 nitrogen and oxygen atoms in total. The first-order chi connectivity index (χ1) is 8.91. The molecule has 0 aromatic carbocycles. The molecular weight excluding hydrogens is 290 g/mol. The standard InChI is InChI=1S/C10H16ClN5O2S/c1-14(2)19(17,18)16-7-5-15(6-8-16)10-12-4-3-9(11)13-10/h3-4H,5-8H2,1-2H3. The van der Waals surface area contributed by atoms with Crippen molar-refractivity contribution in [3.63, 3.8) is 0 Å². The summed E-state index contributed by atoms with van der Waals surface area (Å²) in [5, 5.41) is 0.383. The van der Waals surface area contributed by atoms with Crippen molar-refractivity contribution in [1.82, 2.24) is 18.6 Å². The molecule has 19 heavy (non-hydrogen) atoms. The van der Waals surface area contributed by atoms with Gasteiger partial charge in [-0.25, -0.2) is 9.97 Å². The van der Waals surface area contributed by atoms with Gasteiger partial charge in [0.25, 0.3) is 10.2 Å². The average Bonchev–Trinajstić information content (AvgIpc) is 2.38. The fourth-order valence-corrected chi connectivity index (χ4v) is 3.05. The highest BCUT2D eigenvalue weighted by molar-refractivity contribution is 7.86. The lowest BCUT2D eigenvalue weighted by Gasteiger charge is -2.35. The number of nitrogens with zero attached hydrogens (tertiary/aromatic N) is 5. The maximum Gasteiger partial charge on any atom is 0.281 e. The summed E-state index contributed by atoms with van der Waals surface area (Å²) < 4.78 is 26.6. The molecule has 1 aliphatic heterocycles. The molecule has 1 fully saturated rings. The van der Waals surface area contributed by atoms with E-state index in [1.807, 2.05) is 4.90 Å². The van der Waals surface area contributed by atoms with E-state index in [0.717, 1.165) is 0 Å². The second kappa shape index (κ2) is 5.58. The Labute approximate surface area is 118 Å². The highest BCUT2D eigenvalue weighted by Gasteiger charge is 2.29. The number of halogens is 1. The van der Waals surface area contributed by atoms with Crippen LogP contribution in [0.1, 0.15) is 0 Å². The molecule has 0 radical (unpaired) electrons. The van der Waals surface area contributed by atoms with Crippen LogP contribution in [0.15, 0.2) is 12.3 Å². The molecule has 0 unspecified atom stereocenters. The van der Waals surface area contributed by atoms with Crippen molar-refractivity contribution in [2.45, 2.75) is 0 Å². The average molecular weight is 306 g/mol. The summed E-state index contributed by atoms with van der Waals surface area (Å²) in [5.41, 5.74) is 0. The van der Waals surface area contributed by atoms with Crippen LogP contribution in [-0.4, -0.2) is 67.3 Å². The third kappa shape index (κ3) is 3.14. The van der Waals surface area contributed by atoms with Crippen molar-refractivity contribution in [2.75, 3.05) is 45.2 Å². The lowest BCUT2D eigenvalue weighted by Crippen LogP contribution is -2.52. The van der Waals surface area contributed by atoms with Gasteiger partial charge in [0.05, 0.1) is 0 Å². The molecule has 1 saturated heterocycles. The van der Waals surface area contributed by atoms with E-state index in [2.05, 4.69) is 9.97 Å². The zero-order valence-corrected chi connectivity index (χ0v) is 12.4. The molecule has 0 saturated carbocycles. The van der Waals surface area contributed by atoms with Crippen LogP contribution in [0, 0.1) is 0 Å². The van der Waals surface area contributed by atoms with Gasteiger partial charge in [0.2, 0.25) is 5.95 Å². The summed E-state index contributed by atoms with van der Waals surface area (Å²) in [6, 6.07) is 1.61. The van der Waals surface area contributed by atoms with Crippen LogP contribution >= 0.6 is 11.6 Å². The van der Waals surface area contributed by atoms with E-state index in [9.17, 15) is 8.42 Å². The molecule has 1 aromatic rings. The number of hydrogen-bond donors (Lipinski definition) is 0. The van der Waals surface area contributed by atoms with Crippen molar-refractivity contribution >= 4 is 27.8 Å². The third-order valence-corrected chi connectivity index (χ3v) is 5.07. The van der Waals surface area contributed by atoms with Crippen LogP contribution in [0.3, 0.4) is 0 Å². The van der Waals surface area contributed by atoms with Crippen molar-refractivity contribution in [1.29, 1.82) is 0 Å². The van der Waals surface area contributed by atoms with E-state index in [1.54, 1.807) is 12.3 Å². The zero-order valence-electron chi connectivity index (χ0n) is 10.8. The first-order valence-corrected chi connectivity index (χ1v) is 7.60. The molecule has 0 spiro atoms. The van der Waals surface area contributed by atoms with Crippen LogP contribution in [-0.2, 0) is 10.2 Å². The topological polar surface area (TPSA) is 69.6 Å². The van der Waals surface area contributed by atoms with Crippen LogP contribution in [0.25, 0.3) is 0 Å². The SMILES string of the molecule is CN(C)S(=O)(=O)N1CCN(c2nccc(Cl)n2)CC1. The number of rotatable bonds is 3. The van der Waals surface area contributed by atoms with Gasteiger partial charge in [-0.05, 0) is 6.07 Å². The molecule has 2 rings (SSSR count). The Morgan fingerprint density at radius 3 is 2.42 bits per heavy atom.